The van der Waals surface area contributed by atoms with E-state index >= 15 is 0 Å². The van der Waals surface area contributed by atoms with Crippen molar-refractivity contribution in [1.29, 1.82) is 0 Å². The molecule has 3 N–H and O–H groups in total. The standard InChI is InChI=1S/C20H28N4O3/c1-14-7-9-16(10-8-14)22-18(25)13-17-19(26)21-11-12-24(17)20(27)23-15-5-3-2-4-6-15/h7-10,15,17H,2-6,11-13H2,1H3,(H,21,26)(H,22,25)(H,23,27). The largest absolute Gasteiger partial charge is 0.353 e. The van der Waals surface area contributed by atoms with Gasteiger partial charge in [-0.1, -0.05) is 37.0 Å². The van der Waals surface area contributed by atoms with Crippen molar-refractivity contribution in [3.05, 3.63) is 29.8 Å². The second-order valence-electron chi connectivity index (χ2n) is 7.40. The molecule has 4 amide bonds. The molecule has 0 spiro atoms. The van der Waals surface area contributed by atoms with Crippen LogP contribution in [-0.2, 0) is 9.59 Å². The summed E-state index contributed by atoms with van der Waals surface area (Å²) in [7, 11) is 0. The maximum absolute atomic E-state index is 12.7. The summed E-state index contributed by atoms with van der Waals surface area (Å²) in [6.45, 7) is 2.79. The van der Waals surface area contributed by atoms with Gasteiger partial charge < -0.3 is 20.9 Å². The van der Waals surface area contributed by atoms with Crippen molar-refractivity contribution >= 4 is 23.5 Å². The van der Waals surface area contributed by atoms with Gasteiger partial charge in [-0.25, -0.2) is 4.79 Å². The SMILES string of the molecule is Cc1ccc(NC(=O)CC2C(=O)NCCN2C(=O)NC2CCCCC2)cc1. The molecule has 1 saturated heterocycles. The summed E-state index contributed by atoms with van der Waals surface area (Å²) in [4.78, 5) is 38.9. The van der Waals surface area contributed by atoms with E-state index in [0.29, 0.717) is 18.8 Å². The molecule has 7 nitrogen and oxygen atoms in total. The van der Waals surface area contributed by atoms with Crippen LogP contribution in [0.25, 0.3) is 0 Å². The summed E-state index contributed by atoms with van der Waals surface area (Å²) >= 11 is 0. The Bertz CT molecular complexity index is 683. The highest BCUT2D eigenvalue weighted by molar-refractivity contribution is 5.97. The van der Waals surface area contributed by atoms with Gasteiger partial charge in [0.25, 0.3) is 0 Å². The van der Waals surface area contributed by atoms with E-state index in [-0.39, 0.29) is 30.3 Å². The molecule has 1 aromatic rings. The van der Waals surface area contributed by atoms with E-state index in [1.807, 2.05) is 31.2 Å². The predicted octanol–water partition coefficient (Wildman–Crippen LogP) is 2.17. The fourth-order valence-electron chi connectivity index (χ4n) is 3.69. The Morgan fingerprint density at radius 3 is 2.56 bits per heavy atom. The van der Waals surface area contributed by atoms with Crippen LogP contribution in [0.4, 0.5) is 10.5 Å². The Balaban J connectivity index is 1.60. The molecule has 0 aromatic heterocycles. The smallest absolute Gasteiger partial charge is 0.318 e. The Kier molecular flexibility index (Phi) is 6.32. The molecule has 1 aliphatic carbocycles. The first-order valence-electron chi connectivity index (χ1n) is 9.74. The highest BCUT2D eigenvalue weighted by atomic mass is 16.2. The van der Waals surface area contributed by atoms with Gasteiger partial charge in [0.2, 0.25) is 11.8 Å². The van der Waals surface area contributed by atoms with Crippen molar-refractivity contribution in [2.45, 2.75) is 57.5 Å². The van der Waals surface area contributed by atoms with Crippen molar-refractivity contribution in [2.75, 3.05) is 18.4 Å². The second-order valence-corrected chi connectivity index (χ2v) is 7.40. The Morgan fingerprint density at radius 2 is 1.85 bits per heavy atom. The molecule has 0 radical (unpaired) electrons. The van der Waals surface area contributed by atoms with Crippen LogP contribution in [0.15, 0.2) is 24.3 Å². The molecule has 0 bridgehead atoms. The van der Waals surface area contributed by atoms with Crippen LogP contribution in [0.5, 0.6) is 0 Å². The zero-order valence-corrected chi connectivity index (χ0v) is 15.8. The normalized spacial score (nSPS) is 20.7. The first kappa shape index (κ1) is 19.2. The van der Waals surface area contributed by atoms with E-state index in [1.165, 1.54) is 11.3 Å². The van der Waals surface area contributed by atoms with Gasteiger partial charge in [-0.15, -0.1) is 0 Å². The van der Waals surface area contributed by atoms with Crippen LogP contribution >= 0.6 is 0 Å². The zero-order valence-electron chi connectivity index (χ0n) is 15.8. The molecule has 1 heterocycles. The monoisotopic (exact) mass is 372 g/mol. The molecule has 1 atom stereocenters. The van der Waals surface area contributed by atoms with Crippen LogP contribution in [0.3, 0.4) is 0 Å². The van der Waals surface area contributed by atoms with Crippen molar-refractivity contribution in [3.63, 3.8) is 0 Å². The van der Waals surface area contributed by atoms with E-state index in [1.54, 1.807) is 0 Å². The Morgan fingerprint density at radius 1 is 1.15 bits per heavy atom. The predicted molar refractivity (Wildman–Crippen MR) is 103 cm³/mol. The van der Waals surface area contributed by atoms with Crippen LogP contribution < -0.4 is 16.0 Å². The number of nitrogens with zero attached hydrogens (tertiary/aromatic N) is 1. The van der Waals surface area contributed by atoms with Gasteiger partial charge >= 0.3 is 6.03 Å². The molecule has 1 aromatic carbocycles. The zero-order chi connectivity index (χ0) is 19.2. The molecule has 2 aliphatic rings. The van der Waals surface area contributed by atoms with Crippen molar-refractivity contribution in [3.8, 4) is 0 Å². The maximum atomic E-state index is 12.7. The summed E-state index contributed by atoms with van der Waals surface area (Å²) < 4.78 is 0. The lowest BCUT2D eigenvalue weighted by molar-refractivity contribution is -0.131. The lowest BCUT2D eigenvalue weighted by atomic mass is 9.95. The van der Waals surface area contributed by atoms with E-state index in [2.05, 4.69) is 16.0 Å². The number of hydrogen-bond donors (Lipinski definition) is 3. The van der Waals surface area contributed by atoms with Gasteiger partial charge in [-0.2, -0.15) is 0 Å². The highest BCUT2D eigenvalue weighted by Gasteiger charge is 2.35. The topological polar surface area (TPSA) is 90.5 Å². The molecule has 1 aliphatic heterocycles. The second kappa shape index (κ2) is 8.88. The number of urea groups is 1. The molecule has 2 fully saturated rings. The quantitative estimate of drug-likeness (QED) is 0.756. The van der Waals surface area contributed by atoms with E-state index in [0.717, 1.165) is 31.2 Å². The molecule has 3 rings (SSSR count). The summed E-state index contributed by atoms with van der Waals surface area (Å²) in [5.41, 5.74) is 1.78. The van der Waals surface area contributed by atoms with Crippen LogP contribution in [0.2, 0.25) is 0 Å². The van der Waals surface area contributed by atoms with Gasteiger partial charge in [0.15, 0.2) is 0 Å². The van der Waals surface area contributed by atoms with Gasteiger partial charge in [-0.05, 0) is 31.9 Å². The fraction of sp³-hybridized carbons (Fsp3) is 0.550. The van der Waals surface area contributed by atoms with Gasteiger partial charge in [-0.3, -0.25) is 9.59 Å². The number of anilines is 1. The summed E-state index contributed by atoms with van der Waals surface area (Å²) in [5.74, 6) is -0.560. The van der Waals surface area contributed by atoms with Crippen LogP contribution in [0, 0.1) is 6.92 Å². The minimum Gasteiger partial charge on any atom is -0.353 e. The molecule has 1 saturated carbocycles. The third kappa shape index (κ3) is 5.21. The third-order valence-corrected chi connectivity index (χ3v) is 5.24. The number of benzene rings is 1. The van der Waals surface area contributed by atoms with E-state index in [9.17, 15) is 14.4 Å². The Hall–Kier alpha value is -2.57. The molecular weight excluding hydrogens is 344 g/mol. The van der Waals surface area contributed by atoms with Crippen molar-refractivity contribution in [1.82, 2.24) is 15.5 Å². The van der Waals surface area contributed by atoms with Crippen molar-refractivity contribution < 1.29 is 14.4 Å². The van der Waals surface area contributed by atoms with Crippen molar-refractivity contribution in [2.24, 2.45) is 0 Å². The molecular formula is C20H28N4O3. The Labute approximate surface area is 159 Å². The average molecular weight is 372 g/mol. The number of carbonyl (C=O) groups excluding carboxylic acids is 3. The van der Waals surface area contributed by atoms with Crippen LogP contribution in [0.1, 0.15) is 44.1 Å². The highest BCUT2D eigenvalue weighted by Crippen LogP contribution is 2.19. The molecule has 27 heavy (non-hydrogen) atoms. The summed E-state index contributed by atoms with van der Waals surface area (Å²) in [5, 5.41) is 8.60. The van der Waals surface area contributed by atoms with Crippen LogP contribution in [-0.4, -0.2) is 47.9 Å². The maximum Gasteiger partial charge on any atom is 0.318 e. The fourth-order valence-corrected chi connectivity index (χ4v) is 3.69. The number of carbonyl (C=O) groups is 3. The van der Waals surface area contributed by atoms with E-state index in [4.69, 9.17) is 0 Å². The summed E-state index contributed by atoms with van der Waals surface area (Å²) in [6.07, 6.45) is 5.34. The van der Waals surface area contributed by atoms with Gasteiger partial charge in [0, 0.05) is 24.8 Å². The number of nitrogens with one attached hydrogen (secondary N) is 3. The minimum absolute atomic E-state index is 0.0577. The lowest BCUT2D eigenvalue weighted by Gasteiger charge is -2.36. The average Bonchev–Trinajstić information content (AvgIpc) is 2.66. The number of aryl methyl sites for hydroxylation is 1. The number of amides is 4. The van der Waals surface area contributed by atoms with E-state index < -0.39 is 6.04 Å². The number of hydrogen-bond acceptors (Lipinski definition) is 3. The summed E-state index contributed by atoms with van der Waals surface area (Å²) in [6, 6.07) is 6.60. The first-order valence-corrected chi connectivity index (χ1v) is 9.74. The van der Waals surface area contributed by atoms with Gasteiger partial charge in [0.1, 0.15) is 6.04 Å². The number of rotatable bonds is 4. The number of piperazine rings is 1. The molecule has 1 unspecified atom stereocenters. The molecule has 146 valence electrons. The minimum atomic E-state index is -0.784. The third-order valence-electron chi connectivity index (χ3n) is 5.24. The first-order chi connectivity index (χ1) is 13.0. The lowest BCUT2D eigenvalue weighted by Crippen LogP contribution is -2.61. The molecule has 7 heteroatoms. The van der Waals surface area contributed by atoms with Gasteiger partial charge in [0.05, 0.1) is 6.42 Å².